The third-order valence-corrected chi connectivity index (χ3v) is 3.97. The van der Waals surface area contributed by atoms with Gasteiger partial charge < -0.3 is 4.42 Å². The van der Waals surface area contributed by atoms with Gasteiger partial charge in [-0.3, -0.25) is 9.69 Å². The molecule has 2 atom stereocenters. The zero-order valence-electron chi connectivity index (χ0n) is 10.2. The third kappa shape index (κ3) is 2.02. The summed E-state index contributed by atoms with van der Waals surface area (Å²) in [5.41, 5.74) is 0. The van der Waals surface area contributed by atoms with Gasteiger partial charge in [0.1, 0.15) is 11.5 Å². The van der Waals surface area contributed by atoms with Gasteiger partial charge in [-0.25, -0.2) is 4.98 Å². The van der Waals surface area contributed by atoms with E-state index >= 15 is 0 Å². The second-order valence-electron chi connectivity index (χ2n) is 5.08. The highest BCUT2D eigenvalue weighted by atomic mass is 16.4. The van der Waals surface area contributed by atoms with Crippen LogP contribution in [-0.2, 0) is 17.8 Å². The van der Waals surface area contributed by atoms with Crippen molar-refractivity contribution in [2.45, 2.75) is 57.7 Å². The summed E-state index contributed by atoms with van der Waals surface area (Å²) in [5, 5.41) is 0. The first-order valence-corrected chi connectivity index (χ1v) is 6.47. The van der Waals surface area contributed by atoms with Gasteiger partial charge in [0.05, 0.1) is 12.7 Å². The lowest BCUT2D eigenvalue weighted by Gasteiger charge is -2.32. The fourth-order valence-electron chi connectivity index (χ4n) is 3.06. The summed E-state index contributed by atoms with van der Waals surface area (Å²) < 4.78 is 5.65. The van der Waals surface area contributed by atoms with Gasteiger partial charge in [0.15, 0.2) is 0 Å². The molecule has 2 aliphatic heterocycles. The number of hydrogen-bond acceptors (Lipinski definition) is 4. The Labute approximate surface area is 101 Å². The molecule has 4 nitrogen and oxygen atoms in total. The van der Waals surface area contributed by atoms with Gasteiger partial charge in [-0.05, 0) is 12.8 Å². The van der Waals surface area contributed by atoms with E-state index in [1.807, 2.05) is 6.20 Å². The molecule has 0 spiro atoms. The van der Waals surface area contributed by atoms with E-state index in [0.29, 0.717) is 17.9 Å². The largest absolute Gasteiger partial charge is 0.444 e. The lowest BCUT2D eigenvalue weighted by Crippen LogP contribution is -2.42. The van der Waals surface area contributed by atoms with Crippen LogP contribution in [0.4, 0.5) is 0 Å². The van der Waals surface area contributed by atoms with Crippen LogP contribution >= 0.6 is 0 Å². The highest BCUT2D eigenvalue weighted by Gasteiger charge is 2.40. The van der Waals surface area contributed by atoms with Crippen molar-refractivity contribution in [3.05, 3.63) is 17.8 Å². The number of nitrogens with zero attached hydrogens (tertiary/aromatic N) is 2. The van der Waals surface area contributed by atoms with E-state index in [-0.39, 0.29) is 0 Å². The first-order chi connectivity index (χ1) is 8.26. The quantitative estimate of drug-likeness (QED) is 0.801. The van der Waals surface area contributed by atoms with E-state index < -0.39 is 0 Å². The van der Waals surface area contributed by atoms with Crippen LogP contribution in [0.5, 0.6) is 0 Å². The van der Waals surface area contributed by atoms with Gasteiger partial charge in [0.2, 0.25) is 5.89 Å². The maximum Gasteiger partial charge on any atom is 0.208 e. The number of hydrogen-bond donors (Lipinski definition) is 0. The van der Waals surface area contributed by atoms with E-state index in [1.54, 1.807) is 0 Å². The van der Waals surface area contributed by atoms with Crippen LogP contribution in [0.3, 0.4) is 0 Å². The van der Waals surface area contributed by atoms with Crippen LogP contribution in [0.15, 0.2) is 10.6 Å². The molecule has 0 radical (unpaired) electrons. The minimum Gasteiger partial charge on any atom is -0.444 e. The second-order valence-corrected chi connectivity index (χ2v) is 5.08. The van der Waals surface area contributed by atoms with Gasteiger partial charge in [-0.2, -0.15) is 0 Å². The Morgan fingerprint density at radius 1 is 1.41 bits per heavy atom. The molecule has 2 aliphatic rings. The van der Waals surface area contributed by atoms with Crippen molar-refractivity contribution in [1.82, 2.24) is 9.88 Å². The molecular weight excluding hydrogens is 216 g/mol. The number of aromatic nitrogens is 1. The number of rotatable bonds is 3. The van der Waals surface area contributed by atoms with Gasteiger partial charge in [-0.1, -0.05) is 6.92 Å². The predicted molar refractivity (Wildman–Crippen MR) is 62.5 cm³/mol. The average Bonchev–Trinajstić information content (AvgIpc) is 2.85. The highest BCUT2D eigenvalue weighted by molar-refractivity contribution is 5.80. The molecule has 2 fully saturated rings. The molecule has 4 heteroatoms. The number of fused-ring (bicyclic) bond motifs is 2. The Balaban J connectivity index is 1.71. The maximum atomic E-state index is 11.5. The summed E-state index contributed by atoms with van der Waals surface area (Å²) in [5.74, 6) is 2.17. The van der Waals surface area contributed by atoms with Crippen LogP contribution in [0, 0.1) is 0 Å². The van der Waals surface area contributed by atoms with Crippen LogP contribution < -0.4 is 0 Å². The molecule has 1 aromatic heterocycles. The molecule has 2 saturated heterocycles. The van der Waals surface area contributed by atoms with Crippen molar-refractivity contribution in [3.63, 3.8) is 0 Å². The highest BCUT2D eigenvalue weighted by Crippen LogP contribution is 2.34. The van der Waals surface area contributed by atoms with E-state index in [9.17, 15) is 4.79 Å². The standard InChI is InChI=1S/C13H18N2O2/c1-2-12-7-14-13(17-12)8-15-9-3-4-10(15)6-11(16)5-9/h7,9-10H,2-6,8H2,1H3. The molecule has 0 aliphatic carbocycles. The fourth-order valence-corrected chi connectivity index (χ4v) is 3.06. The summed E-state index contributed by atoms with van der Waals surface area (Å²) in [6, 6.07) is 0.858. The molecule has 0 aromatic carbocycles. The number of carbonyl (C=O) groups excluding carboxylic acids is 1. The Hall–Kier alpha value is -1.16. The number of carbonyl (C=O) groups is 1. The Morgan fingerprint density at radius 3 is 2.71 bits per heavy atom. The van der Waals surface area contributed by atoms with Crippen molar-refractivity contribution in [2.24, 2.45) is 0 Å². The SMILES string of the molecule is CCc1cnc(CN2C3CCC2CC(=O)C3)o1. The van der Waals surface area contributed by atoms with Crippen LogP contribution in [0.25, 0.3) is 0 Å². The Morgan fingerprint density at radius 2 is 2.12 bits per heavy atom. The van der Waals surface area contributed by atoms with Gasteiger partial charge >= 0.3 is 0 Å². The van der Waals surface area contributed by atoms with E-state index in [1.165, 1.54) is 0 Å². The summed E-state index contributed by atoms with van der Waals surface area (Å²) in [6.45, 7) is 2.83. The van der Waals surface area contributed by atoms with E-state index in [0.717, 1.165) is 50.3 Å². The molecule has 92 valence electrons. The van der Waals surface area contributed by atoms with Crippen molar-refractivity contribution >= 4 is 5.78 Å². The molecule has 2 bridgehead atoms. The summed E-state index contributed by atoms with van der Waals surface area (Å²) in [6.07, 6.45) is 6.44. The molecule has 0 saturated carbocycles. The summed E-state index contributed by atoms with van der Waals surface area (Å²) in [7, 11) is 0. The zero-order valence-corrected chi connectivity index (χ0v) is 10.2. The molecular formula is C13H18N2O2. The normalized spacial score (nSPS) is 28.9. The van der Waals surface area contributed by atoms with Crippen LogP contribution in [-0.4, -0.2) is 27.8 Å². The van der Waals surface area contributed by atoms with Crippen molar-refractivity contribution < 1.29 is 9.21 Å². The first kappa shape index (κ1) is 11.0. The van der Waals surface area contributed by atoms with Gasteiger partial charge in [0, 0.05) is 31.3 Å². The lowest BCUT2D eigenvalue weighted by atomic mass is 10.0. The van der Waals surface area contributed by atoms with Crippen molar-refractivity contribution in [1.29, 1.82) is 0 Å². The third-order valence-electron chi connectivity index (χ3n) is 3.97. The van der Waals surface area contributed by atoms with Crippen LogP contribution in [0.2, 0.25) is 0 Å². The smallest absolute Gasteiger partial charge is 0.208 e. The molecule has 1 aromatic rings. The van der Waals surface area contributed by atoms with Crippen LogP contribution in [0.1, 0.15) is 44.3 Å². The molecule has 0 amide bonds. The fraction of sp³-hybridized carbons (Fsp3) is 0.692. The van der Waals surface area contributed by atoms with E-state index in [4.69, 9.17) is 4.42 Å². The molecule has 3 rings (SSSR count). The minimum atomic E-state index is 0.426. The van der Waals surface area contributed by atoms with Gasteiger partial charge in [0.25, 0.3) is 0 Å². The number of oxazole rings is 1. The average molecular weight is 234 g/mol. The minimum absolute atomic E-state index is 0.426. The molecule has 3 heterocycles. The lowest BCUT2D eigenvalue weighted by molar-refractivity contribution is -0.123. The second kappa shape index (κ2) is 4.26. The number of piperidine rings is 1. The molecule has 17 heavy (non-hydrogen) atoms. The van der Waals surface area contributed by atoms with Crippen molar-refractivity contribution in [2.75, 3.05) is 0 Å². The molecule has 2 unspecified atom stereocenters. The summed E-state index contributed by atoms with van der Waals surface area (Å²) >= 11 is 0. The zero-order chi connectivity index (χ0) is 11.8. The Kier molecular flexibility index (Phi) is 2.74. The summed E-state index contributed by atoms with van der Waals surface area (Å²) in [4.78, 5) is 18.2. The van der Waals surface area contributed by atoms with Crippen molar-refractivity contribution in [3.8, 4) is 0 Å². The first-order valence-electron chi connectivity index (χ1n) is 6.47. The number of Topliss-reactive ketones (excluding diaryl/α,β-unsaturated/α-hetero) is 1. The van der Waals surface area contributed by atoms with E-state index in [2.05, 4.69) is 16.8 Å². The topological polar surface area (TPSA) is 46.3 Å². The number of aryl methyl sites for hydroxylation is 1. The monoisotopic (exact) mass is 234 g/mol. The maximum absolute atomic E-state index is 11.5. The predicted octanol–water partition coefficient (Wildman–Crippen LogP) is 1.93. The Bertz CT molecular complexity index is 411. The number of ketones is 1. The molecule has 0 N–H and O–H groups in total. The van der Waals surface area contributed by atoms with Gasteiger partial charge in [-0.15, -0.1) is 0 Å².